The molecule has 0 spiro atoms. The maximum absolute atomic E-state index is 5.63. The molecule has 0 aromatic carbocycles. The summed E-state index contributed by atoms with van der Waals surface area (Å²) in [6.07, 6.45) is 0. The molecule has 0 bridgehead atoms. The first-order chi connectivity index (χ1) is 7.74. The van der Waals surface area contributed by atoms with Gasteiger partial charge in [-0.1, -0.05) is 24.4 Å². The van der Waals surface area contributed by atoms with E-state index in [2.05, 4.69) is 34.9 Å². The van der Waals surface area contributed by atoms with Gasteiger partial charge in [-0.05, 0) is 28.9 Å². The Bertz CT molecular complexity index is 435. The summed E-state index contributed by atoms with van der Waals surface area (Å²) in [6.45, 7) is 4.23. The number of aromatic nitrogens is 2. The SMILES string of the molecule is CC(C)c1nnsc1C(NN)c1cccs1. The zero-order valence-corrected chi connectivity index (χ0v) is 10.8. The molecule has 0 saturated carbocycles. The van der Waals surface area contributed by atoms with Gasteiger partial charge in [0, 0.05) is 4.88 Å². The molecule has 0 radical (unpaired) electrons. The van der Waals surface area contributed by atoms with Crippen molar-refractivity contribution < 1.29 is 0 Å². The Morgan fingerprint density at radius 1 is 1.44 bits per heavy atom. The van der Waals surface area contributed by atoms with E-state index in [0.29, 0.717) is 5.92 Å². The Balaban J connectivity index is 2.37. The first kappa shape index (κ1) is 11.7. The van der Waals surface area contributed by atoms with Crippen LogP contribution in [0, 0.1) is 0 Å². The normalized spacial score (nSPS) is 13.2. The van der Waals surface area contributed by atoms with Crippen molar-refractivity contribution in [2.24, 2.45) is 5.84 Å². The number of thiophene rings is 1. The summed E-state index contributed by atoms with van der Waals surface area (Å²) in [5.74, 6) is 6.00. The van der Waals surface area contributed by atoms with Gasteiger partial charge in [-0.3, -0.25) is 5.84 Å². The highest BCUT2D eigenvalue weighted by atomic mass is 32.1. The second kappa shape index (κ2) is 5.01. The second-order valence-corrected chi connectivity index (χ2v) is 5.56. The number of nitrogens with zero attached hydrogens (tertiary/aromatic N) is 2. The van der Waals surface area contributed by atoms with Crippen molar-refractivity contribution in [2.75, 3.05) is 0 Å². The van der Waals surface area contributed by atoms with E-state index >= 15 is 0 Å². The van der Waals surface area contributed by atoms with Crippen LogP contribution in [0.4, 0.5) is 0 Å². The van der Waals surface area contributed by atoms with Gasteiger partial charge in [0.05, 0.1) is 16.6 Å². The van der Waals surface area contributed by atoms with Crippen molar-refractivity contribution in [1.82, 2.24) is 15.0 Å². The van der Waals surface area contributed by atoms with Crippen LogP contribution in [0.1, 0.15) is 41.3 Å². The molecule has 0 aliphatic rings. The molecule has 4 nitrogen and oxygen atoms in total. The lowest BCUT2D eigenvalue weighted by Gasteiger charge is -2.14. The Labute approximate surface area is 103 Å². The van der Waals surface area contributed by atoms with Gasteiger partial charge < -0.3 is 0 Å². The maximum atomic E-state index is 5.63. The number of hydrogen-bond donors (Lipinski definition) is 2. The predicted molar refractivity (Wildman–Crippen MR) is 67.5 cm³/mol. The lowest BCUT2D eigenvalue weighted by Crippen LogP contribution is -2.28. The van der Waals surface area contributed by atoms with Crippen molar-refractivity contribution in [1.29, 1.82) is 0 Å². The molecule has 2 aromatic rings. The molecule has 1 atom stereocenters. The van der Waals surface area contributed by atoms with E-state index in [-0.39, 0.29) is 6.04 Å². The van der Waals surface area contributed by atoms with E-state index in [0.717, 1.165) is 10.6 Å². The van der Waals surface area contributed by atoms with Gasteiger partial charge in [0.25, 0.3) is 0 Å². The number of hydrazine groups is 1. The Morgan fingerprint density at radius 3 is 2.81 bits per heavy atom. The number of nitrogens with two attached hydrogens (primary N) is 1. The van der Waals surface area contributed by atoms with Gasteiger partial charge in [-0.15, -0.1) is 16.4 Å². The van der Waals surface area contributed by atoms with Gasteiger partial charge in [-0.2, -0.15) is 0 Å². The average molecular weight is 254 g/mol. The molecule has 3 N–H and O–H groups in total. The average Bonchev–Trinajstić information content (AvgIpc) is 2.88. The largest absolute Gasteiger partial charge is 0.271 e. The molecule has 2 heterocycles. The summed E-state index contributed by atoms with van der Waals surface area (Å²) in [5.41, 5.74) is 3.87. The summed E-state index contributed by atoms with van der Waals surface area (Å²) >= 11 is 3.09. The maximum Gasteiger partial charge on any atom is 0.0929 e. The summed E-state index contributed by atoms with van der Waals surface area (Å²) < 4.78 is 4.02. The van der Waals surface area contributed by atoms with Gasteiger partial charge in [0.15, 0.2) is 0 Å². The van der Waals surface area contributed by atoms with Crippen LogP contribution in [-0.2, 0) is 0 Å². The van der Waals surface area contributed by atoms with E-state index < -0.39 is 0 Å². The lowest BCUT2D eigenvalue weighted by molar-refractivity contribution is 0.640. The van der Waals surface area contributed by atoms with Gasteiger partial charge >= 0.3 is 0 Å². The molecule has 0 amide bonds. The van der Waals surface area contributed by atoms with Crippen LogP contribution < -0.4 is 11.3 Å². The Hall–Kier alpha value is -0.820. The molecular formula is C10H14N4S2. The quantitative estimate of drug-likeness (QED) is 0.649. The summed E-state index contributed by atoms with van der Waals surface area (Å²) in [5, 5.41) is 6.22. The Morgan fingerprint density at radius 2 is 2.25 bits per heavy atom. The van der Waals surface area contributed by atoms with Crippen LogP contribution in [0.15, 0.2) is 17.5 Å². The van der Waals surface area contributed by atoms with E-state index in [1.165, 1.54) is 16.4 Å². The van der Waals surface area contributed by atoms with Crippen LogP contribution in [-0.4, -0.2) is 9.59 Å². The van der Waals surface area contributed by atoms with E-state index in [9.17, 15) is 0 Å². The summed E-state index contributed by atoms with van der Waals surface area (Å²) in [6, 6.07) is 4.10. The third kappa shape index (κ3) is 2.15. The third-order valence-electron chi connectivity index (χ3n) is 2.34. The molecule has 2 aromatic heterocycles. The molecule has 0 fully saturated rings. The third-order valence-corrected chi connectivity index (χ3v) is 4.09. The van der Waals surface area contributed by atoms with Crippen molar-refractivity contribution in [3.8, 4) is 0 Å². The number of nitrogens with one attached hydrogen (secondary N) is 1. The minimum Gasteiger partial charge on any atom is -0.271 e. The topological polar surface area (TPSA) is 63.8 Å². The van der Waals surface area contributed by atoms with Crippen molar-refractivity contribution >= 4 is 22.9 Å². The van der Waals surface area contributed by atoms with Crippen LogP contribution in [0.5, 0.6) is 0 Å². The van der Waals surface area contributed by atoms with Crippen LogP contribution in [0.25, 0.3) is 0 Å². The van der Waals surface area contributed by atoms with Gasteiger partial charge in [-0.25, -0.2) is 5.43 Å². The molecule has 86 valence electrons. The van der Waals surface area contributed by atoms with Crippen LogP contribution in [0.2, 0.25) is 0 Å². The second-order valence-electron chi connectivity index (χ2n) is 3.79. The highest BCUT2D eigenvalue weighted by molar-refractivity contribution is 7.10. The lowest BCUT2D eigenvalue weighted by atomic mass is 10.1. The van der Waals surface area contributed by atoms with Crippen LogP contribution >= 0.6 is 22.9 Å². The monoisotopic (exact) mass is 254 g/mol. The fourth-order valence-corrected chi connectivity index (χ4v) is 3.30. The highest BCUT2D eigenvalue weighted by Crippen LogP contribution is 2.32. The predicted octanol–water partition coefficient (Wildman–Crippen LogP) is 2.28. The first-order valence-corrected chi connectivity index (χ1v) is 6.71. The van der Waals surface area contributed by atoms with E-state index in [1.54, 1.807) is 11.3 Å². The summed E-state index contributed by atoms with van der Waals surface area (Å²) in [4.78, 5) is 2.30. The smallest absolute Gasteiger partial charge is 0.0929 e. The first-order valence-electron chi connectivity index (χ1n) is 5.05. The van der Waals surface area contributed by atoms with E-state index in [4.69, 9.17) is 5.84 Å². The minimum atomic E-state index is 0.0115. The Kier molecular flexibility index (Phi) is 3.65. The van der Waals surface area contributed by atoms with Crippen molar-refractivity contribution in [3.63, 3.8) is 0 Å². The zero-order chi connectivity index (χ0) is 11.5. The van der Waals surface area contributed by atoms with E-state index in [1.807, 2.05) is 11.4 Å². The molecule has 2 rings (SSSR count). The highest BCUT2D eigenvalue weighted by Gasteiger charge is 2.22. The molecule has 0 aliphatic heterocycles. The minimum absolute atomic E-state index is 0.0115. The van der Waals surface area contributed by atoms with Gasteiger partial charge in [0.2, 0.25) is 0 Å². The molecule has 16 heavy (non-hydrogen) atoms. The van der Waals surface area contributed by atoms with Crippen molar-refractivity contribution in [3.05, 3.63) is 33.0 Å². The zero-order valence-electron chi connectivity index (χ0n) is 9.18. The molecule has 6 heteroatoms. The molecule has 0 aliphatic carbocycles. The molecular weight excluding hydrogens is 240 g/mol. The van der Waals surface area contributed by atoms with Crippen LogP contribution in [0.3, 0.4) is 0 Å². The van der Waals surface area contributed by atoms with Gasteiger partial charge in [0.1, 0.15) is 0 Å². The summed E-state index contributed by atoms with van der Waals surface area (Å²) in [7, 11) is 0. The fraction of sp³-hybridized carbons (Fsp3) is 0.400. The molecule has 1 unspecified atom stereocenters. The van der Waals surface area contributed by atoms with Crippen molar-refractivity contribution in [2.45, 2.75) is 25.8 Å². The fourth-order valence-electron chi connectivity index (χ4n) is 1.55. The number of hydrogen-bond acceptors (Lipinski definition) is 6. The number of rotatable bonds is 4. The standard InChI is InChI=1S/C10H14N4S2/c1-6(2)8-10(16-14-13-8)9(12-11)7-4-3-5-15-7/h3-6,9,12H,11H2,1-2H3. The molecule has 0 saturated heterocycles.